The summed E-state index contributed by atoms with van der Waals surface area (Å²) in [5, 5.41) is 13.6. The van der Waals surface area contributed by atoms with E-state index in [0.717, 1.165) is 17.5 Å². The van der Waals surface area contributed by atoms with Crippen LogP contribution >= 0.6 is 0 Å². The number of fused-ring (bicyclic) bond motifs is 1. The van der Waals surface area contributed by atoms with Crippen molar-refractivity contribution in [2.45, 2.75) is 39.2 Å². The zero-order valence-corrected chi connectivity index (χ0v) is 11.9. The Kier molecular flexibility index (Phi) is 3.64. The molecule has 0 saturated carbocycles. The Bertz CT molecular complexity index is 619. The number of nitrogens with one attached hydrogen (secondary N) is 1. The molecule has 3 rings (SSSR count). The molecule has 0 spiro atoms. The van der Waals surface area contributed by atoms with E-state index in [1.165, 1.54) is 36.1 Å². The summed E-state index contributed by atoms with van der Waals surface area (Å²) in [7, 11) is 0. The van der Waals surface area contributed by atoms with Crippen LogP contribution in [-0.4, -0.2) is 5.11 Å². The molecule has 0 aromatic heterocycles. The second-order valence-corrected chi connectivity index (χ2v) is 5.59. The Labute approximate surface area is 120 Å². The highest BCUT2D eigenvalue weighted by Gasteiger charge is 2.13. The van der Waals surface area contributed by atoms with Crippen molar-refractivity contribution in [3.05, 3.63) is 58.7 Å². The summed E-state index contributed by atoms with van der Waals surface area (Å²) in [6.07, 6.45) is 4.94. The molecule has 0 radical (unpaired) electrons. The predicted octanol–water partition coefficient (Wildman–Crippen LogP) is 4.19. The van der Waals surface area contributed by atoms with E-state index in [-0.39, 0.29) is 0 Å². The number of hydrogen-bond donors (Lipinski definition) is 2. The lowest BCUT2D eigenvalue weighted by atomic mass is 9.90. The van der Waals surface area contributed by atoms with Crippen molar-refractivity contribution >= 4 is 5.69 Å². The molecule has 20 heavy (non-hydrogen) atoms. The minimum atomic E-state index is 0.407. The van der Waals surface area contributed by atoms with Crippen molar-refractivity contribution in [1.82, 2.24) is 0 Å². The van der Waals surface area contributed by atoms with Crippen LogP contribution in [0, 0.1) is 6.92 Å². The van der Waals surface area contributed by atoms with Crippen LogP contribution in [0.15, 0.2) is 36.4 Å². The van der Waals surface area contributed by atoms with Crippen LogP contribution in [0.3, 0.4) is 0 Å². The Morgan fingerprint density at radius 2 is 1.85 bits per heavy atom. The Balaban J connectivity index is 1.80. The zero-order chi connectivity index (χ0) is 13.9. The van der Waals surface area contributed by atoms with Gasteiger partial charge in [0, 0.05) is 17.8 Å². The molecule has 0 fully saturated rings. The summed E-state index contributed by atoms with van der Waals surface area (Å²) in [6.45, 7) is 2.60. The first-order chi connectivity index (χ1) is 9.75. The van der Waals surface area contributed by atoms with Crippen LogP contribution in [-0.2, 0) is 19.4 Å². The third-order valence-corrected chi connectivity index (χ3v) is 4.19. The van der Waals surface area contributed by atoms with E-state index in [1.807, 2.05) is 25.1 Å². The highest BCUT2D eigenvalue weighted by molar-refractivity contribution is 5.56. The molecule has 0 atom stereocenters. The molecular weight excluding hydrogens is 246 g/mol. The molecule has 104 valence electrons. The van der Waals surface area contributed by atoms with Gasteiger partial charge in [-0.05, 0) is 55.4 Å². The van der Waals surface area contributed by atoms with Crippen molar-refractivity contribution in [1.29, 1.82) is 0 Å². The van der Waals surface area contributed by atoms with E-state index >= 15 is 0 Å². The Morgan fingerprint density at radius 3 is 2.75 bits per heavy atom. The summed E-state index contributed by atoms with van der Waals surface area (Å²) >= 11 is 0. The van der Waals surface area contributed by atoms with Gasteiger partial charge >= 0.3 is 0 Å². The molecular formula is C18H21NO. The fourth-order valence-corrected chi connectivity index (χ4v) is 3.00. The fraction of sp³-hybridized carbons (Fsp3) is 0.333. The number of para-hydroxylation sites is 1. The van der Waals surface area contributed by atoms with Gasteiger partial charge in [0.05, 0.1) is 0 Å². The zero-order valence-electron chi connectivity index (χ0n) is 11.9. The number of anilines is 1. The number of phenolic OH excluding ortho intramolecular Hbond substituents is 1. The minimum absolute atomic E-state index is 0.407. The number of aromatic hydroxyl groups is 1. The lowest BCUT2D eigenvalue weighted by molar-refractivity contribution is 0.465. The molecule has 0 amide bonds. The SMILES string of the molecule is Cc1cccc(CNc2cccc3c2CCCC3)c1O. The molecule has 1 aliphatic rings. The molecule has 2 N–H and O–H groups in total. The Morgan fingerprint density at radius 1 is 1.05 bits per heavy atom. The van der Waals surface area contributed by atoms with Gasteiger partial charge in [-0.1, -0.05) is 30.3 Å². The van der Waals surface area contributed by atoms with Crippen LogP contribution in [0.1, 0.15) is 35.1 Å². The van der Waals surface area contributed by atoms with Gasteiger partial charge in [0.2, 0.25) is 0 Å². The molecule has 1 aliphatic carbocycles. The second kappa shape index (κ2) is 5.58. The van der Waals surface area contributed by atoms with E-state index in [1.54, 1.807) is 0 Å². The summed E-state index contributed by atoms with van der Waals surface area (Å²) in [4.78, 5) is 0. The molecule has 0 unspecified atom stereocenters. The first kappa shape index (κ1) is 13.0. The molecule has 0 saturated heterocycles. The van der Waals surface area contributed by atoms with E-state index in [0.29, 0.717) is 12.3 Å². The van der Waals surface area contributed by atoms with Gasteiger partial charge in [0.25, 0.3) is 0 Å². The van der Waals surface area contributed by atoms with Gasteiger partial charge in [-0.3, -0.25) is 0 Å². The molecule has 0 heterocycles. The number of aryl methyl sites for hydroxylation is 2. The summed E-state index contributed by atoms with van der Waals surface area (Å²) < 4.78 is 0. The molecule has 2 nitrogen and oxygen atoms in total. The van der Waals surface area contributed by atoms with Crippen LogP contribution < -0.4 is 5.32 Å². The molecule has 2 aromatic carbocycles. The first-order valence-electron chi connectivity index (χ1n) is 7.38. The topological polar surface area (TPSA) is 32.3 Å². The second-order valence-electron chi connectivity index (χ2n) is 5.59. The molecule has 2 aromatic rings. The third kappa shape index (κ3) is 2.51. The predicted molar refractivity (Wildman–Crippen MR) is 83.3 cm³/mol. The van der Waals surface area contributed by atoms with E-state index in [4.69, 9.17) is 0 Å². The molecule has 2 heteroatoms. The molecule has 0 bridgehead atoms. The monoisotopic (exact) mass is 267 g/mol. The summed E-state index contributed by atoms with van der Waals surface area (Å²) in [5.41, 5.74) is 6.06. The number of rotatable bonds is 3. The smallest absolute Gasteiger partial charge is 0.123 e. The van der Waals surface area contributed by atoms with Crippen LogP contribution in [0.4, 0.5) is 5.69 Å². The lowest BCUT2D eigenvalue weighted by Crippen LogP contribution is -2.08. The minimum Gasteiger partial charge on any atom is -0.507 e. The molecule has 0 aliphatic heterocycles. The van der Waals surface area contributed by atoms with E-state index in [2.05, 4.69) is 23.5 Å². The van der Waals surface area contributed by atoms with Gasteiger partial charge in [-0.25, -0.2) is 0 Å². The van der Waals surface area contributed by atoms with Crippen molar-refractivity contribution in [3.63, 3.8) is 0 Å². The average molecular weight is 267 g/mol. The van der Waals surface area contributed by atoms with Crippen molar-refractivity contribution in [3.8, 4) is 5.75 Å². The maximum atomic E-state index is 10.1. The normalized spacial score (nSPS) is 13.8. The van der Waals surface area contributed by atoms with Crippen molar-refractivity contribution < 1.29 is 5.11 Å². The highest BCUT2D eigenvalue weighted by atomic mass is 16.3. The van der Waals surface area contributed by atoms with Gasteiger partial charge in [-0.15, -0.1) is 0 Å². The van der Waals surface area contributed by atoms with Crippen molar-refractivity contribution in [2.75, 3.05) is 5.32 Å². The first-order valence-corrected chi connectivity index (χ1v) is 7.38. The van der Waals surface area contributed by atoms with Crippen LogP contribution in [0.5, 0.6) is 5.75 Å². The van der Waals surface area contributed by atoms with Gasteiger partial charge in [0.1, 0.15) is 5.75 Å². The standard InChI is InChI=1S/C18H21NO/c1-13-6-4-9-15(18(13)20)12-19-17-11-5-8-14-7-2-3-10-16(14)17/h4-6,8-9,11,19-20H,2-3,7,10,12H2,1H3. The third-order valence-electron chi connectivity index (χ3n) is 4.19. The van der Waals surface area contributed by atoms with Gasteiger partial charge in [-0.2, -0.15) is 0 Å². The maximum absolute atomic E-state index is 10.1. The number of hydrogen-bond acceptors (Lipinski definition) is 2. The van der Waals surface area contributed by atoms with E-state index in [9.17, 15) is 5.11 Å². The van der Waals surface area contributed by atoms with Crippen LogP contribution in [0.25, 0.3) is 0 Å². The van der Waals surface area contributed by atoms with Gasteiger partial charge < -0.3 is 10.4 Å². The number of benzene rings is 2. The largest absolute Gasteiger partial charge is 0.507 e. The quantitative estimate of drug-likeness (QED) is 0.874. The summed E-state index contributed by atoms with van der Waals surface area (Å²) in [5.74, 6) is 0.407. The van der Waals surface area contributed by atoms with Crippen molar-refractivity contribution in [2.24, 2.45) is 0 Å². The highest BCUT2D eigenvalue weighted by Crippen LogP contribution is 2.29. The number of phenols is 1. The summed E-state index contributed by atoms with van der Waals surface area (Å²) in [6, 6.07) is 12.4. The maximum Gasteiger partial charge on any atom is 0.123 e. The Hall–Kier alpha value is -1.96. The fourth-order valence-electron chi connectivity index (χ4n) is 3.00. The van der Waals surface area contributed by atoms with Gasteiger partial charge in [0.15, 0.2) is 0 Å². The van der Waals surface area contributed by atoms with E-state index < -0.39 is 0 Å². The lowest BCUT2D eigenvalue weighted by Gasteiger charge is -2.20. The van der Waals surface area contributed by atoms with Crippen LogP contribution in [0.2, 0.25) is 0 Å². The average Bonchev–Trinajstić information content (AvgIpc) is 2.49.